The first-order valence-corrected chi connectivity index (χ1v) is 7.88. The summed E-state index contributed by atoms with van der Waals surface area (Å²) in [5.41, 5.74) is 0. The predicted octanol–water partition coefficient (Wildman–Crippen LogP) is 2.60. The lowest BCUT2D eigenvalue weighted by Crippen LogP contribution is -2.39. The van der Waals surface area contributed by atoms with E-state index in [1.165, 1.54) is 6.92 Å². The van der Waals surface area contributed by atoms with Gasteiger partial charge in [0.25, 0.3) is 0 Å². The van der Waals surface area contributed by atoms with Gasteiger partial charge in [0.2, 0.25) is 0 Å². The van der Waals surface area contributed by atoms with Crippen LogP contribution in [0.15, 0.2) is 22.8 Å². The smallest absolute Gasteiger partial charge is 0.303 e. The molecule has 0 N–H and O–H groups in total. The molecule has 23 heavy (non-hydrogen) atoms. The van der Waals surface area contributed by atoms with Crippen LogP contribution in [0.2, 0.25) is 0 Å². The summed E-state index contributed by atoms with van der Waals surface area (Å²) in [6.45, 7) is 8.32. The topological polar surface area (TPSA) is 75.7 Å². The quantitative estimate of drug-likeness (QED) is 0.583. The van der Waals surface area contributed by atoms with E-state index in [1.807, 2.05) is 6.07 Å². The molecule has 0 aromatic carbocycles. The van der Waals surface area contributed by atoms with Gasteiger partial charge in [-0.05, 0) is 18.1 Å². The molecule has 1 rings (SSSR count). The third-order valence-electron chi connectivity index (χ3n) is 3.09. The molecule has 0 bridgehead atoms. The number of ether oxygens (including phenoxy) is 2. The van der Waals surface area contributed by atoms with Crippen LogP contribution >= 0.6 is 0 Å². The molecule has 0 saturated heterocycles. The van der Waals surface area contributed by atoms with Gasteiger partial charge in [0.15, 0.2) is 0 Å². The van der Waals surface area contributed by atoms with Crippen LogP contribution in [0, 0.1) is 17.2 Å². The van der Waals surface area contributed by atoms with Gasteiger partial charge in [0, 0.05) is 33.0 Å². The van der Waals surface area contributed by atoms with E-state index in [0.717, 1.165) is 12.3 Å². The van der Waals surface area contributed by atoms with E-state index in [9.17, 15) is 4.79 Å². The van der Waals surface area contributed by atoms with Gasteiger partial charge in [-0.15, -0.1) is 0 Å². The van der Waals surface area contributed by atoms with Gasteiger partial charge >= 0.3 is 5.97 Å². The van der Waals surface area contributed by atoms with Crippen LogP contribution in [0.1, 0.15) is 33.0 Å². The van der Waals surface area contributed by atoms with E-state index in [4.69, 9.17) is 19.2 Å². The number of esters is 1. The number of carbonyl (C=O) groups is 1. The molecular formula is C17H26N2O4. The number of hydrogen-bond acceptors (Lipinski definition) is 6. The van der Waals surface area contributed by atoms with Crippen molar-refractivity contribution in [2.45, 2.75) is 39.9 Å². The van der Waals surface area contributed by atoms with Gasteiger partial charge in [-0.3, -0.25) is 9.69 Å². The first-order valence-electron chi connectivity index (χ1n) is 7.88. The number of rotatable bonds is 11. The molecule has 6 nitrogen and oxygen atoms in total. The maximum absolute atomic E-state index is 11.3. The SMILES string of the molecule is CC(=O)OC(COCc1ccco1)CN(CCC#N)CC(C)C. The van der Waals surface area contributed by atoms with E-state index in [0.29, 0.717) is 38.6 Å². The lowest BCUT2D eigenvalue weighted by atomic mass is 10.2. The fraction of sp³-hybridized carbons (Fsp3) is 0.647. The van der Waals surface area contributed by atoms with Crippen molar-refractivity contribution in [3.8, 4) is 6.07 Å². The molecular weight excluding hydrogens is 296 g/mol. The van der Waals surface area contributed by atoms with Crippen molar-refractivity contribution in [1.29, 1.82) is 5.26 Å². The molecule has 0 radical (unpaired) electrons. The molecule has 1 heterocycles. The Bertz CT molecular complexity index is 479. The van der Waals surface area contributed by atoms with E-state index >= 15 is 0 Å². The van der Waals surface area contributed by atoms with Crippen molar-refractivity contribution in [3.05, 3.63) is 24.2 Å². The van der Waals surface area contributed by atoms with Crippen molar-refractivity contribution >= 4 is 5.97 Å². The summed E-state index contributed by atoms with van der Waals surface area (Å²) >= 11 is 0. The van der Waals surface area contributed by atoms with Crippen LogP contribution in [0.5, 0.6) is 0 Å². The lowest BCUT2D eigenvalue weighted by molar-refractivity contribution is -0.151. The molecule has 1 unspecified atom stereocenters. The summed E-state index contributed by atoms with van der Waals surface area (Å²) < 4.78 is 16.1. The Hall–Kier alpha value is -1.84. The first-order chi connectivity index (χ1) is 11.0. The van der Waals surface area contributed by atoms with Crippen LogP contribution < -0.4 is 0 Å². The van der Waals surface area contributed by atoms with Crippen molar-refractivity contribution in [2.75, 3.05) is 26.2 Å². The summed E-state index contributed by atoms with van der Waals surface area (Å²) in [7, 11) is 0. The summed E-state index contributed by atoms with van der Waals surface area (Å²) in [6, 6.07) is 5.79. The number of furan rings is 1. The third-order valence-corrected chi connectivity index (χ3v) is 3.09. The molecule has 0 fully saturated rings. The number of hydrogen-bond donors (Lipinski definition) is 0. The Labute approximate surface area is 138 Å². The number of nitrogens with zero attached hydrogens (tertiary/aromatic N) is 2. The van der Waals surface area contributed by atoms with Crippen LogP contribution in [-0.4, -0.2) is 43.2 Å². The molecule has 0 amide bonds. The van der Waals surface area contributed by atoms with Gasteiger partial charge in [-0.2, -0.15) is 5.26 Å². The van der Waals surface area contributed by atoms with Crippen molar-refractivity contribution in [1.82, 2.24) is 4.90 Å². The van der Waals surface area contributed by atoms with Crippen molar-refractivity contribution < 1.29 is 18.7 Å². The predicted molar refractivity (Wildman–Crippen MR) is 85.4 cm³/mol. The van der Waals surface area contributed by atoms with Crippen LogP contribution in [0.4, 0.5) is 0 Å². The molecule has 1 aromatic heterocycles. The maximum atomic E-state index is 11.3. The van der Waals surface area contributed by atoms with Crippen LogP contribution in [0.3, 0.4) is 0 Å². The number of carbonyl (C=O) groups excluding carboxylic acids is 1. The highest BCUT2D eigenvalue weighted by Crippen LogP contribution is 2.07. The highest BCUT2D eigenvalue weighted by molar-refractivity contribution is 5.66. The fourth-order valence-corrected chi connectivity index (χ4v) is 2.31. The fourth-order valence-electron chi connectivity index (χ4n) is 2.31. The molecule has 128 valence electrons. The highest BCUT2D eigenvalue weighted by atomic mass is 16.6. The highest BCUT2D eigenvalue weighted by Gasteiger charge is 2.18. The van der Waals surface area contributed by atoms with Crippen LogP contribution in [-0.2, 0) is 20.9 Å². The standard InChI is InChI=1S/C17H26N2O4/c1-14(2)10-19(8-5-7-18)11-17(23-15(3)20)13-21-12-16-6-4-9-22-16/h4,6,9,14,17H,5,8,10-13H2,1-3H3. The molecule has 6 heteroatoms. The Morgan fingerprint density at radius 2 is 2.22 bits per heavy atom. The summed E-state index contributed by atoms with van der Waals surface area (Å²) in [4.78, 5) is 13.4. The largest absolute Gasteiger partial charge is 0.467 e. The molecule has 1 aromatic rings. The minimum Gasteiger partial charge on any atom is -0.467 e. The summed E-state index contributed by atoms with van der Waals surface area (Å²) in [5.74, 6) is 0.868. The molecule has 0 spiro atoms. The molecule has 0 aliphatic heterocycles. The van der Waals surface area contributed by atoms with E-state index < -0.39 is 0 Å². The Balaban J connectivity index is 2.51. The zero-order valence-electron chi connectivity index (χ0n) is 14.2. The minimum atomic E-state index is -0.361. The lowest BCUT2D eigenvalue weighted by Gasteiger charge is -2.27. The summed E-state index contributed by atoms with van der Waals surface area (Å²) in [6.07, 6.45) is 1.68. The van der Waals surface area contributed by atoms with E-state index in [2.05, 4.69) is 24.8 Å². The second-order valence-corrected chi connectivity index (χ2v) is 5.89. The first kappa shape index (κ1) is 19.2. The Morgan fingerprint density at radius 3 is 2.78 bits per heavy atom. The van der Waals surface area contributed by atoms with E-state index in [-0.39, 0.29) is 12.1 Å². The molecule has 0 aliphatic carbocycles. The van der Waals surface area contributed by atoms with Crippen molar-refractivity contribution in [2.24, 2.45) is 5.92 Å². The molecule has 0 aliphatic rings. The van der Waals surface area contributed by atoms with Gasteiger partial charge in [0.05, 0.1) is 18.9 Å². The zero-order chi connectivity index (χ0) is 17.1. The van der Waals surface area contributed by atoms with Gasteiger partial charge < -0.3 is 13.9 Å². The van der Waals surface area contributed by atoms with E-state index in [1.54, 1.807) is 12.3 Å². The van der Waals surface area contributed by atoms with Crippen LogP contribution in [0.25, 0.3) is 0 Å². The average Bonchev–Trinajstić information content (AvgIpc) is 2.96. The third kappa shape index (κ3) is 9.01. The van der Waals surface area contributed by atoms with Gasteiger partial charge in [0.1, 0.15) is 18.5 Å². The summed E-state index contributed by atoms with van der Waals surface area (Å²) in [5, 5.41) is 8.78. The van der Waals surface area contributed by atoms with Gasteiger partial charge in [-0.25, -0.2) is 0 Å². The Kier molecular flexibility index (Phi) is 9.03. The average molecular weight is 322 g/mol. The zero-order valence-corrected chi connectivity index (χ0v) is 14.2. The second kappa shape index (κ2) is 10.8. The normalized spacial score (nSPS) is 12.3. The minimum absolute atomic E-state index is 0.293. The maximum Gasteiger partial charge on any atom is 0.303 e. The monoisotopic (exact) mass is 322 g/mol. The number of nitriles is 1. The van der Waals surface area contributed by atoms with Crippen molar-refractivity contribution in [3.63, 3.8) is 0 Å². The Morgan fingerprint density at radius 1 is 1.43 bits per heavy atom. The molecule has 1 atom stereocenters. The second-order valence-electron chi connectivity index (χ2n) is 5.89. The molecule has 0 saturated carbocycles. The van der Waals surface area contributed by atoms with Gasteiger partial charge in [-0.1, -0.05) is 13.8 Å².